The van der Waals surface area contributed by atoms with Crippen LogP contribution in [-0.2, 0) is 0 Å². The van der Waals surface area contributed by atoms with Crippen molar-refractivity contribution in [2.24, 2.45) is 0 Å². The van der Waals surface area contributed by atoms with Gasteiger partial charge < -0.3 is 5.32 Å². The third-order valence-electron chi connectivity index (χ3n) is 1.78. The highest BCUT2D eigenvalue weighted by Crippen LogP contribution is 2.29. The predicted octanol–water partition coefficient (Wildman–Crippen LogP) is 3.63. The second-order valence-electron chi connectivity index (χ2n) is 3.15. The Bertz CT molecular complexity index is 144. The maximum absolute atomic E-state index is 11.7. The molecule has 0 saturated carbocycles. The zero-order chi connectivity index (χ0) is 11.6. The average Bonchev–Trinajstić information content (AvgIpc) is 2.14. The van der Waals surface area contributed by atoms with Crippen LogP contribution < -0.4 is 5.32 Å². The van der Waals surface area contributed by atoms with Crippen LogP contribution in [0.1, 0.15) is 25.7 Å². The SMILES string of the molecule is FC(F)(F)SCCNCCCCCCCl. The third-order valence-corrected chi connectivity index (χ3v) is 2.78. The topological polar surface area (TPSA) is 12.0 Å². The van der Waals surface area contributed by atoms with Crippen molar-refractivity contribution in [3.8, 4) is 0 Å². The first kappa shape index (κ1) is 15.4. The standard InChI is InChI=1S/C9H17ClF3NS/c10-5-3-1-2-4-6-14-7-8-15-9(11,12)13/h14H,1-8H2. The molecule has 0 fully saturated rings. The van der Waals surface area contributed by atoms with Gasteiger partial charge in [0.1, 0.15) is 0 Å². The number of thioether (sulfide) groups is 1. The summed E-state index contributed by atoms with van der Waals surface area (Å²) in [6.45, 7) is 1.21. The highest BCUT2D eigenvalue weighted by molar-refractivity contribution is 8.00. The summed E-state index contributed by atoms with van der Waals surface area (Å²) in [6.07, 6.45) is 4.22. The van der Waals surface area contributed by atoms with Crippen LogP contribution in [0.25, 0.3) is 0 Å². The molecule has 0 aliphatic rings. The molecule has 0 unspecified atom stereocenters. The molecule has 0 radical (unpaired) electrons. The lowest BCUT2D eigenvalue weighted by Crippen LogP contribution is -2.19. The summed E-state index contributed by atoms with van der Waals surface area (Å²) in [6, 6.07) is 0. The second-order valence-corrected chi connectivity index (χ2v) is 4.69. The molecule has 0 rings (SSSR count). The Morgan fingerprint density at radius 2 is 1.67 bits per heavy atom. The van der Waals surface area contributed by atoms with Gasteiger partial charge in [-0.1, -0.05) is 12.8 Å². The molecular formula is C9H17ClF3NS. The van der Waals surface area contributed by atoms with Crippen LogP contribution in [0.15, 0.2) is 0 Å². The van der Waals surface area contributed by atoms with Gasteiger partial charge in [0.25, 0.3) is 0 Å². The molecule has 0 aromatic carbocycles. The van der Waals surface area contributed by atoms with Gasteiger partial charge in [-0.3, -0.25) is 0 Å². The molecule has 92 valence electrons. The fourth-order valence-corrected chi connectivity index (χ4v) is 1.73. The van der Waals surface area contributed by atoms with Gasteiger partial charge in [-0.25, -0.2) is 0 Å². The quantitative estimate of drug-likeness (QED) is 0.504. The summed E-state index contributed by atoms with van der Waals surface area (Å²) >= 11 is 5.53. The molecule has 0 aliphatic carbocycles. The zero-order valence-electron chi connectivity index (χ0n) is 8.58. The summed E-state index contributed by atoms with van der Waals surface area (Å²) in [4.78, 5) is 0. The summed E-state index contributed by atoms with van der Waals surface area (Å²) in [5.74, 6) is 0.779. The molecule has 1 nitrogen and oxygen atoms in total. The summed E-state index contributed by atoms with van der Waals surface area (Å²) < 4.78 is 35.1. The minimum absolute atomic E-state index is 0.0255. The molecule has 15 heavy (non-hydrogen) atoms. The Kier molecular flexibility index (Phi) is 9.85. The van der Waals surface area contributed by atoms with Crippen molar-refractivity contribution in [1.82, 2.24) is 5.32 Å². The first-order valence-electron chi connectivity index (χ1n) is 5.03. The van der Waals surface area contributed by atoms with E-state index in [1.165, 1.54) is 0 Å². The number of rotatable bonds is 9. The first-order valence-corrected chi connectivity index (χ1v) is 6.55. The molecule has 0 atom stereocenters. The molecule has 0 spiro atoms. The monoisotopic (exact) mass is 263 g/mol. The highest BCUT2D eigenvalue weighted by Gasteiger charge is 2.27. The third kappa shape index (κ3) is 14.4. The van der Waals surface area contributed by atoms with Crippen LogP contribution in [0.3, 0.4) is 0 Å². The molecule has 0 aliphatic heterocycles. The van der Waals surface area contributed by atoms with Gasteiger partial charge in [0.15, 0.2) is 0 Å². The van der Waals surface area contributed by atoms with Crippen molar-refractivity contribution < 1.29 is 13.2 Å². The maximum Gasteiger partial charge on any atom is 0.441 e. The number of unbranched alkanes of at least 4 members (excludes halogenated alkanes) is 3. The van der Waals surface area contributed by atoms with E-state index < -0.39 is 5.51 Å². The van der Waals surface area contributed by atoms with E-state index in [0.717, 1.165) is 32.2 Å². The molecule has 0 aromatic heterocycles. The van der Waals surface area contributed by atoms with Crippen LogP contribution >= 0.6 is 23.4 Å². The lowest BCUT2D eigenvalue weighted by molar-refractivity contribution is -0.0327. The lowest BCUT2D eigenvalue weighted by atomic mass is 10.2. The molecule has 0 amide bonds. The van der Waals surface area contributed by atoms with Crippen LogP contribution in [0.2, 0.25) is 0 Å². The minimum atomic E-state index is -4.10. The van der Waals surface area contributed by atoms with Crippen LogP contribution in [-0.4, -0.2) is 30.2 Å². The van der Waals surface area contributed by atoms with E-state index in [1.54, 1.807) is 0 Å². The van der Waals surface area contributed by atoms with Crippen LogP contribution in [0.5, 0.6) is 0 Å². The Morgan fingerprint density at radius 3 is 2.27 bits per heavy atom. The summed E-state index contributed by atoms with van der Waals surface area (Å²) in [7, 11) is 0. The van der Waals surface area contributed by atoms with Crippen molar-refractivity contribution in [2.45, 2.75) is 31.2 Å². The molecular weight excluding hydrogens is 247 g/mol. The van der Waals surface area contributed by atoms with Crippen LogP contribution in [0, 0.1) is 0 Å². The largest absolute Gasteiger partial charge is 0.441 e. The second kappa shape index (κ2) is 9.60. The van der Waals surface area contributed by atoms with E-state index >= 15 is 0 Å². The van der Waals surface area contributed by atoms with Gasteiger partial charge >= 0.3 is 5.51 Å². The van der Waals surface area contributed by atoms with Gasteiger partial charge in [-0.05, 0) is 31.1 Å². The fraction of sp³-hybridized carbons (Fsp3) is 1.00. The number of hydrogen-bond donors (Lipinski definition) is 1. The molecule has 0 heterocycles. The molecule has 6 heteroatoms. The highest BCUT2D eigenvalue weighted by atomic mass is 35.5. The predicted molar refractivity (Wildman–Crippen MR) is 60.6 cm³/mol. The van der Waals surface area contributed by atoms with Crippen molar-refractivity contribution in [1.29, 1.82) is 0 Å². The van der Waals surface area contributed by atoms with Crippen molar-refractivity contribution in [2.75, 3.05) is 24.7 Å². The lowest BCUT2D eigenvalue weighted by Gasteiger charge is -2.06. The Balaban J connectivity index is 2.99. The molecule has 0 saturated heterocycles. The van der Waals surface area contributed by atoms with Crippen molar-refractivity contribution >= 4 is 23.4 Å². The normalized spacial score (nSPS) is 12.0. The average molecular weight is 264 g/mol. The summed E-state index contributed by atoms with van der Waals surface area (Å²) in [5.41, 5.74) is -4.10. The fourth-order valence-electron chi connectivity index (χ4n) is 1.06. The number of halogens is 4. The van der Waals surface area contributed by atoms with E-state index in [-0.39, 0.29) is 17.5 Å². The van der Waals surface area contributed by atoms with Crippen molar-refractivity contribution in [3.63, 3.8) is 0 Å². The van der Waals surface area contributed by atoms with Crippen molar-refractivity contribution in [3.05, 3.63) is 0 Å². The molecule has 1 N–H and O–H groups in total. The van der Waals surface area contributed by atoms with Gasteiger partial charge in [0, 0.05) is 18.2 Å². The molecule has 0 aromatic rings. The Morgan fingerprint density at radius 1 is 1.00 bits per heavy atom. The number of hydrogen-bond acceptors (Lipinski definition) is 2. The van der Waals surface area contributed by atoms with Gasteiger partial charge in [-0.2, -0.15) is 13.2 Å². The smallest absolute Gasteiger partial charge is 0.316 e. The van der Waals surface area contributed by atoms with E-state index in [4.69, 9.17) is 11.6 Å². The van der Waals surface area contributed by atoms with E-state index in [2.05, 4.69) is 5.32 Å². The Labute approximate surface area is 98.1 Å². The van der Waals surface area contributed by atoms with E-state index in [0.29, 0.717) is 12.4 Å². The molecule has 0 bridgehead atoms. The van der Waals surface area contributed by atoms with E-state index in [9.17, 15) is 13.2 Å². The van der Waals surface area contributed by atoms with Gasteiger partial charge in [0.05, 0.1) is 0 Å². The van der Waals surface area contributed by atoms with Crippen LogP contribution in [0.4, 0.5) is 13.2 Å². The van der Waals surface area contributed by atoms with Gasteiger partial charge in [0.2, 0.25) is 0 Å². The zero-order valence-corrected chi connectivity index (χ0v) is 10.1. The minimum Gasteiger partial charge on any atom is -0.316 e. The van der Waals surface area contributed by atoms with E-state index in [1.807, 2.05) is 0 Å². The maximum atomic E-state index is 11.7. The number of nitrogens with one attached hydrogen (secondary N) is 1. The number of alkyl halides is 4. The van der Waals surface area contributed by atoms with Gasteiger partial charge in [-0.15, -0.1) is 11.6 Å². The first-order chi connectivity index (χ1) is 7.06. The Hall–Kier alpha value is 0.390. The summed E-state index contributed by atoms with van der Waals surface area (Å²) in [5, 5.41) is 2.98.